The van der Waals surface area contributed by atoms with Crippen molar-refractivity contribution in [3.63, 3.8) is 0 Å². The fraction of sp³-hybridized carbons (Fsp3) is 0.133. The van der Waals surface area contributed by atoms with Crippen molar-refractivity contribution in [2.24, 2.45) is 7.05 Å². The van der Waals surface area contributed by atoms with Gasteiger partial charge in [-0.2, -0.15) is 0 Å². The zero-order valence-electron chi connectivity index (χ0n) is 10.1. The van der Waals surface area contributed by atoms with Gasteiger partial charge in [-0.15, -0.1) is 0 Å². The first-order chi connectivity index (χ1) is 8.77. The van der Waals surface area contributed by atoms with Crippen molar-refractivity contribution in [1.82, 2.24) is 9.55 Å². The van der Waals surface area contributed by atoms with Crippen molar-refractivity contribution >= 4 is 10.8 Å². The molecule has 18 heavy (non-hydrogen) atoms. The molecule has 0 bridgehead atoms. The number of imidazole rings is 1. The molecular formula is C15H14N2O. The summed E-state index contributed by atoms with van der Waals surface area (Å²) in [6, 6.07) is 14.0. The summed E-state index contributed by atoms with van der Waals surface area (Å²) in [6.45, 7) is 0. The quantitative estimate of drug-likeness (QED) is 0.745. The molecule has 0 saturated carbocycles. The summed E-state index contributed by atoms with van der Waals surface area (Å²) >= 11 is 0. The summed E-state index contributed by atoms with van der Waals surface area (Å²) in [5, 5.41) is 12.7. The van der Waals surface area contributed by atoms with Gasteiger partial charge in [0, 0.05) is 19.4 Å². The van der Waals surface area contributed by atoms with Gasteiger partial charge in [0.2, 0.25) is 0 Å². The maximum Gasteiger partial charge on any atom is 0.142 e. The zero-order valence-corrected chi connectivity index (χ0v) is 10.1. The Morgan fingerprint density at radius 3 is 2.67 bits per heavy atom. The number of fused-ring (bicyclic) bond motifs is 1. The summed E-state index contributed by atoms with van der Waals surface area (Å²) in [6.07, 6.45) is 2.84. The molecule has 1 atom stereocenters. The third-order valence-electron chi connectivity index (χ3n) is 3.22. The normalized spacial score (nSPS) is 12.8. The van der Waals surface area contributed by atoms with Crippen molar-refractivity contribution in [2.75, 3.05) is 0 Å². The van der Waals surface area contributed by atoms with Crippen molar-refractivity contribution in [3.8, 4) is 0 Å². The van der Waals surface area contributed by atoms with E-state index in [1.54, 1.807) is 6.20 Å². The van der Waals surface area contributed by atoms with E-state index in [1.165, 1.54) is 0 Å². The first-order valence-electron chi connectivity index (χ1n) is 5.90. The van der Waals surface area contributed by atoms with Gasteiger partial charge in [0.15, 0.2) is 0 Å². The molecule has 1 unspecified atom stereocenters. The molecule has 0 aliphatic carbocycles. The second kappa shape index (κ2) is 4.27. The van der Waals surface area contributed by atoms with E-state index in [1.807, 2.05) is 60.3 Å². The van der Waals surface area contributed by atoms with Crippen molar-refractivity contribution < 1.29 is 5.11 Å². The van der Waals surface area contributed by atoms with Crippen LogP contribution in [0.1, 0.15) is 17.5 Å². The smallest absolute Gasteiger partial charge is 0.142 e. The van der Waals surface area contributed by atoms with E-state index in [2.05, 4.69) is 4.98 Å². The lowest BCUT2D eigenvalue weighted by Gasteiger charge is -2.13. The Morgan fingerprint density at radius 2 is 1.89 bits per heavy atom. The number of rotatable bonds is 2. The third kappa shape index (κ3) is 1.69. The highest BCUT2D eigenvalue weighted by Crippen LogP contribution is 2.27. The molecular weight excluding hydrogens is 224 g/mol. The molecule has 0 fully saturated rings. The Balaban J connectivity index is 2.18. The number of benzene rings is 2. The number of nitrogens with zero attached hydrogens (tertiary/aromatic N) is 2. The molecule has 0 spiro atoms. The fourth-order valence-electron chi connectivity index (χ4n) is 2.27. The van der Waals surface area contributed by atoms with Crippen molar-refractivity contribution in [1.29, 1.82) is 0 Å². The van der Waals surface area contributed by atoms with E-state index in [0.717, 1.165) is 16.3 Å². The molecule has 1 N–H and O–H groups in total. The molecule has 0 amide bonds. The highest BCUT2D eigenvalue weighted by Gasteiger charge is 2.16. The first-order valence-corrected chi connectivity index (χ1v) is 5.90. The van der Waals surface area contributed by atoms with Crippen LogP contribution in [0.25, 0.3) is 10.8 Å². The van der Waals surface area contributed by atoms with Gasteiger partial charge in [-0.1, -0.05) is 42.5 Å². The van der Waals surface area contributed by atoms with Crippen LogP contribution < -0.4 is 0 Å². The number of aliphatic hydroxyl groups is 1. The third-order valence-corrected chi connectivity index (χ3v) is 3.22. The average molecular weight is 238 g/mol. The first kappa shape index (κ1) is 11.0. The summed E-state index contributed by atoms with van der Waals surface area (Å²) in [5.41, 5.74) is 0.891. The number of aliphatic hydroxyl groups excluding tert-OH is 1. The maximum atomic E-state index is 10.5. The predicted octanol–water partition coefficient (Wildman–Crippen LogP) is 2.66. The van der Waals surface area contributed by atoms with E-state index < -0.39 is 6.10 Å². The Labute approximate surface area is 105 Å². The second-order valence-electron chi connectivity index (χ2n) is 4.37. The van der Waals surface area contributed by atoms with Gasteiger partial charge < -0.3 is 9.67 Å². The van der Waals surface area contributed by atoms with Crippen LogP contribution in [0.4, 0.5) is 0 Å². The molecule has 0 radical (unpaired) electrons. The molecule has 0 saturated heterocycles. The number of aryl methyl sites for hydroxylation is 1. The lowest BCUT2D eigenvalue weighted by atomic mass is 10.00. The largest absolute Gasteiger partial charge is 0.380 e. The highest BCUT2D eigenvalue weighted by atomic mass is 16.3. The van der Waals surface area contributed by atoms with Gasteiger partial charge in [-0.25, -0.2) is 4.98 Å². The van der Waals surface area contributed by atoms with Crippen LogP contribution in [0.5, 0.6) is 0 Å². The van der Waals surface area contributed by atoms with Crippen molar-refractivity contribution in [3.05, 3.63) is 66.2 Å². The SMILES string of the molecule is Cn1ccnc1C(O)c1cccc2ccccc12. The van der Waals surface area contributed by atoms with Gasteiger partial charge in [-0.05, 0) is 16.3 Å². The topological polar surface area (TPSA) is 38.0 Å². The number of hydrogen-bond donors (Lipinski definition) is 1. The minimum Gasteiger partial charge on any atom is -0.380 e. The molecule has 3 rings (SSSR count). The van der Waals surface area contributed by atoms with Gasteiger partial charge >= 0.3 is 0 Å². The van der Waals surface area contributed by atoms with E-state index in [4.69, 9.17) is 0 Å². The van der Waals surface area contributed by atoms with E-state index in [0.29, 0.717) is 5.82 Å². The Morgan fingerprint density at radius 1 is 1.11 bits per heavy atom. The van der Waals surface area contributed by atoms with Crippen LogP contribution >= 0.6 is 0 Å². The Kier molecular flexibility index (Phi) is 2.61. The molecule has 3 aromatic rings. The minimum absolute atomic E-state index is 0.659. The van der Waals surface area contributed by atoms with Crippen LogP contribution in [0.2, 0.25) is 0 Å². The predicted molar refractivity (Wildman–Crippen MR) is 71.2 cm³/mol. The molecule has 90 valence electrons. The zero-order chi connectivity index (χ0) is 12.5. The van der Waals surface area contributed by atoms with Crippen LogP contribution in [-0.4, -0.2) is 14.7 Å². The molecule has 1 heterocycles. The Bertz CT molecular complexity index is 682. The van der Waals surface area contributed by atoms with E-state index in [9.17, 15) is 5.11 Å². The highest BCUT2D eigenvalue weighted by molar-refractivity contribution is 5.86. The fourth-order valence-corrected chi connectivity index (χ4v) is 2.27. The number of hydrogen-bond acceptors (Lipinski definition) is 2. The summed E-state index contributed by atoms with van der Waals surface area (Å²) < 4.78 is 1.84. The van der Waals surface area contributed by atoms with Gasteiger partial charge in [-0.3, -0.25) is 0 Å². The van der Waals surface area contributed by atoms with Gasteiger partial charge in [0.25, 0.3) is 0 Å². The molecule has 1 aromatic heterocycles. The van der Waals surface area contributed by atoms with E-state index >= 15 is 0 Å². The average Bonchev–Trinajstić information content (AvgIpc) is 2.83. The molecule has 0 aliphatic heterocycles. The van der Waals surface area contributed by atoms with Crippen LogP contribution in [0.15, 0.2) is 54.9 Å². The monoisotopic (exact) mass is 238 g/mol. The summed E-state index contributed by atoms with van der Waals surface area (Å²) in [4.78, 5) is 4.21. The second-order valence-corrected chi connectivity index (χ2v) is 4.37. The summed E-state index contributed by atoms with van der Waals surface area (Å²) in [7, 11) is 1.89. The lowest BCUT2D eigenvalue weighted by Crippen LogP contribution is -2.07. The number of aromatic nitrogens is 2. The Hall–Kier alpha value is -2.13. The van der Waals surface area contributed by atoms with Crippen LogP contribution in [0.3, 0.4) is 0 Å². The van der Waals surface area contributed by atoms with Gasteiger partial charge in [0.05, 0.1) is 0 Å². The van der Waals surface area contributed by atoms with Gasteiger partial charge in [0.1, 0.15) is 11.9 Å². The molecule has 3 heteroatoms. The lowest BCUT2D eigenvalue weighted by molar-refractivity contribution is 0.208. The van der Waals surface area contributed by atoms with Crippen molar-refractivity contribution in [2.45, 2.75) is 6.10 Å². The van der Waals surface area contributed by atoms with Crippen LogP contribution in [-0.2, 0) is 7.05 Å². The maximum absolute atomic E-state index is 10.5. The molecule has 3 nitrogen and oxygen atoms in total. The van der Waals surface area contributed by atoms with E-state index in [-0.39, 0.29) is 0 Å². The van der Waals surface area contributed by atoms with Crippen LogP contribution in [0, 0.1) is 0 Å². The minimum atomic E-state index is -0.698. The molecule has 2 aromatic carbocycles. The summed E-state index contributed by atoms with van der Waals surface area (Å²) in [5.74, 6) is 0.659. The standard InChI is InChI=1S/C15H14N2O/c1-17-10-9-16-15(17)14(18)13-8-4-6-11-5-2-3-7-12(11)13/h2-10,14,18H,1H3. The molecule has 0 aliphatic rings.